The van der Waals surface area contributed by atoms with Crippen molar-refractivity contribution in [2.45, 2.75) is 41.0 Å². The Bertz CT molecular complexity index is 688. The summed E-state index contributed by atoms with van der Waals surface area (Å²) in [5.74, 6) is 0.442. The van der Waals surface area contributed by atoms with Gasteiger partial charge in [0.05, 0.1) is 30.1 Å². The summed E-state index contributed by atoms with van der Waals surface area (Å²) in [6.07, 6.45) is 1.20. The van der Waals surface area contributed by atoms with Crippen molar-refractivity contribution >= 4 is 34.0 Å². The monoisotopic (exact) mass is 381 g/mol. The second-order valence-corrected chi connectivity index (χ2v) is 8.39. The summed E-state index contributed by atoms with van der Waals surface area (Å²) in [5.41, 5.74) is 0.870. The molecule has 0 saturated carbocycles. The molecule has 3 atom stereocenters. The van der Waals surface area contributed by atoms with Gasteiger partial charge in [-0.3, -0.25) is 9.59 Å². The van der Waals surface area contributed by atoms with Gasteiger partial charge < -0.3 is 15.0 Å². The molecule has 0 aromatic carbocycles. The van der Waals surface area contributed by atoms with Crippen LogP contribution < -0.4 is 10.2 Å². The number of likely N-dealkylation sites (tertiary alicyclic amines) is 1. The summed E-state index contributed by atoms with van der Waals surface area (Å²) in [6.45, 7) is 11.9. The quantitative estimate of drug-likeness (QED) is 0.583. The van der Waals surface area contributed by atoms with E-state index in [1.807, 2.05) is 0 Å². The van der Waals surface area contributed by atoms with Crippen molar-refractivity contribution in [3.8, 4) is 0 Å². The lowest BCUT2D eigenvalue weighted by atomic mass is 9.92. The molecule has 1 aliphatic heterocycles. The number of ketones is 1. The predicted molar refractivity (Wildman–Crippen MR) is 102 cm³/mol. The largest absolute Gasteiger partial charge is 0.462 e. The second kappa shape index (κ2) is 8.77. The Morgan fingerprint density at radius 2 is 1.85 bits per heavy atom. The number of piperidine rings is 1. The van der Waals surface area contributed by atoms with Crippen LogP contribution in [0.3, 0.4) is 0 Å². The minimum absolute atomic E-state index is 0.122. The molecule has 0 aliphatic carbocycles. The number of anilines is 1. The Hall–Kier alpha value is -1.73. The van der Waals surface area contributed by atoms with E-state index in [1.54, 1.807) is 13.8 Å². The fourth-order valence-corrected chi connectivity index (χ4v) is 4.96. The molecular formula is C19H29N2O4S+. The predicted octanol–water partition coefficient (Wildman–Crippen LogP) is 1.94. The Morgan fingerprint density at radius 1 is 1.23 bits per heavy atom. The number of thiophene rings is 1. The van der Waals surface area contributed by atoms with Gasteiger partial charge >= 0.3 is 5.97 Å². The van der Waals surface area contributed by atoms with Gasteiger partial charge in [0.15, 0.2) is 12.3 Å². The molecule has 1 saturated heterocycles. The normalized spacial score (nSPS) is 22.7. The third kappa shape index (κ3) is 4.92. The molecule has 1 aromatic heterocycles. The number of nitrogens with one attached hydrogen (secondary N) is 2. The highest BCUT2D eigenvalue weighted by atomic mass is 32.1. The molecule has 1 aromatic rings. The summed E-state index contributed by atoms with van der Waals surface area (Å²) < 4.78 is 5.10. The molecule has 1 unspecified atom stereocenters. The SMILES string of the molecule is CCOC(=O)c1c(NC(=O)C[NH+]2C[C@H](C)C[C@H](C)C2)sc(C(C)=O)c1C. The molecule has 1 aliphatic rings. The van der Waals surface area contributed by atoms with Crippen molar-refractivity contribution in [2.75, 3.05) is 31.6 Å². The molecule has 2 N–H and O–H groups in total. The number of Topliss-reactive ketones (excluding diaryl/α,β-unsaturated/α-hetero) is 1. The van der Waals surface area contributed by atoms with Crippen LogP contribution in [0, 0.1) is 18.8 Å². The first-order chi connectivity index (χ1) is 12.2. The van der Waals surface area contributed by atoms with Crippen molar-refractivity contribution in [1.29, 1.82) is 0 Å². The van der Waals surface area contributed by atoms with E-state index in [1.165, 1.54) is 18.2 Å². The van der Waals surface area contributed by atoms with Crippen molar-refractivity contribution in [3.05, 3.63) is 16.0 Å². The first kappa shape index (κ1) is 20.6. The third-order valence-electron chi connectivity index (χ3n) is 4.69. The minimum Gasteiger partial charge on any atom is -0.462 e. The molecule has 1 fully saturated rings. The van der Waals surface area contributed by atoms with Gasteiger partial charge in [0.25, 0.3) is 5.91 Å². The van der Waals surface area contributed by atoms with E-state index in [0.29, 0.717) is 39.4 Å². The van der Waals surface area contributed by atoms with Crippen LogP contribution in [0.1, 0.15) is 59.7 Å². The molecule has 0 spiro atoms. The maximum atomic E-state index is 12.6. The van der Waals surface area contributed by atoms with Crippen molar-refractivity contribution in [2.24, 2.45) is 11.8 Å². The number of carbonyl (C=O) groups excluding carboxylic acids is 3. The van der Waals surface area contributed by atoms with E-state index in [-0.39, 0.29) is 18.3 Å². The number of rotatable bonds is 6. The van der Waals surface area contributed by atoms with E-state index in [9.17, 15) is 14.4 Å². The number of hydrogen-bond acceptors (Lipinski definition) is 5. The van der Waals surface area contributed by atoms with Gasteiger partial charge in [-0.15, -0.1) is 11.3 Å². The minimum atomic E-state index is -0.503. The molecule has 1 amide bonds. The molecule has 6 nitrogen and oxygen atoms in total. The zero-order valence-electron chi connectivity index (χ0n) is 16.2. The van der Waals surface area contributed by atoms with Crippen LogP contribution in [-0.2, 0) is 9.53 Å². The second-order valence-electron chi connectivity index (χ2n) is 7.37. The van der Waals surface area contributed by atoms with Crippen LogP contribution in [0.2, 0.25) is 0 Å². The number of esters is 1. The Balaban J connectivity index is 2.16. The summed E-state index contributed by atoms with van der Waals surface area (Å²) in [7, 11) is 0. The molecule has 26 heavy (non-hydrogen) atoms. The maximum Gasteiger partial charge on any atom is 0.341 e. The Kier molecular flexibility index (Phi) is 6.94. The molecule has 2 rings (SSSR count). The highest BCUT2D eigenvalue weighted by Gasteiger charge is 2.29. The van der Waals surface area contributed by atoms with Gasteiger partial charge in [-0.1, -0.05) is 13.8 Å². The van der Waals surface area contributed by atoms with E-state index in [0.717, 1.165) is 24.4 Å². The van der Waals surface area contributed by atoms with Crippen LogP contribution in [-0.4, -0.2) is 43.9 Å². The molecule has 2 heterocycles. The first-order valence-corrected chi connectivity index (χ1v) is 9.99. The first-order valence-electron chi connectivity index (χ1n) is 9.17. The van der Waals surface area contributed by atoms with Crippen LogP contribution in [0.5, 0.6) is 0 Å². The molecular weight excluding hydrogens is 352 g/mol. The van der Waals surface area contributed by atoms with Gasteiger partial charge in [-0.2, -0.15) is 0 Å². The summed E-state index contributed by atoms with van der Waals surface area (Å²) in [5, 5.41) is 3.26. The fraction of sp³-hybridized carbons (Fsp3) is 0.632. The average molecular weight is 382 g/mol. The lowest BCUT2D eigenvalue weighted by molar-refractivity contribution is -0.904. The van der Waals surface area contributed by atoms with Crippen molar-refractivity contribution in [1.82, 2.24) is 0 Å². The van der Waals surface area contributed by atoms with Crippen LogP contribution >= 0.6 is 11.3 Å². The van der Waals surface area contributed by atoms with E-state index < -0.39 is 5.97 Å². The van der Waals surface area contributed by atoms with Gasteiger partial charge in [0.2, 0.25) is 0 Å². The van der Waals surface area contributed by atoms with Crippen LogP contribution in [0.25, 0.3) is 0 Å². The maximum absolute atomic E-state index is 12.6. The standard InChI is InChI=1S/C19H28N2O4S/c1-6-25-19(24)16-13(4)17(14(5)22)26-18(16)20-15(23)10-21-8-11(2)7-12(3)9-21/h11-12H,6-10H2,1-5H3,(H,20,23)/p+1/t11-,12+. The zero-order valence-corrected chi connectivity index (χ0v) is 17.0. The average Bonchev–Trinajstić information content (AvgIpc) is 2.82. The van der Waals surface area contributed by atoms with Crippen LogP contribution in [0.4, 0.5) is 5.00 Å². The highest BCUT2D eigenvalue weighted by molar-refractivity contribution is 7.18. The zero-order chi connectivity index (χ0) is 19.4. The topological polar surface area (TPSA) is 76.9 Å². The Labute approximate surface area is 158 Å². The lowest BCUT2D eigenvalue weighted by Gasteiger charge is -2.31. The van der Waals surface area contributed by atoms with Gasteiger partial charge in [0.1, 0.15) is 5.00 Å². The Morgan fingerprint density at radius 3 is 2.38 bits per heavy atom. The fourth-order valence-electron chi connectivity index (χ4n) is 3.85. The van der Waals surface area contributed by atoms with Crippen LogP contribution in [0.15, 0.2) is 0 Å². The number of quaternary nitrogens is 1. The number of ether oxygens (including phenoxy) is 1. The van der Waals surface area contributed by atoms with E-state index in [2.05, 4.69) is 19.2 Å². The van der Waals surface area contributed by atoms with Crippen molar-refractivity contribution in [3.63, 3.8) is 0 Å². The third-order valence-corrected chi connectivity index (χ3v) is 6.00. The highest BCUT2D eigenvalue weighted by Crippen LogP contribution is 2.34. The lowest BCUT2D eigenvalue weighted by Crippen LogP contribution is -3.15. The number of carbonyl (C=O) groups is 3. The van der Waals surface area contributed by atoms with Crippen molar-refractivity contribution < 1.29 is 24.0 Å². The molecule has 0 radical (unpaired) electrons. The number of amides is 1. The van der Waals surface area contributed by atoms with E-state index >= 15 is 0 Å². The molecule has 7 heteroatoms. The molecule has 144 valence electrons. The van der Waals surface area contributed by atoms with Gasteiger partial charge in [-0.05, 0) is 32.8 Å². The summed E-state index contributed by atoms with van der Waals surface area (Å²) in [6, 6.07) is 0. The van der Waals surface area contributed by atoms with E-state index in [4.69, 9.17) is 4.74 Å². The smallest absolute Gasteiger partial charge is 0.341 e. The van der Waals surface area contributed by atoms with Gasteiger partial charge in [-0.25, -0.2) is 4.79 Å². The summed E-state index contributed by atoms with van der Waals surface area (Å²) >= 11 is 1.15. The summed E-state index contributed by atoms with van der Waals surface area (Å²) in [4.78, 5) is 38.4. The van der Waals surface area contributed by atoms with Gasteiger partial charge in [0, 0.05) is 11.8 Å². The number of hydrogen-bond donors (Lipinski definition) is 2. The molecule has 0 bridgehead atoms.